The molecule has 7 nitrogen and oxygen atoms in total. The Balaban J connectivity index is 1.47. The van der Waals surface area contributed by atoms with Crippen LogP contribution in [0.2, 0.25) is 0 Å². The Morgan fingerprint density at radius 2 is 1.78 bits per heavy atom. The van der Waals surface area contributed by atoms with Crippen LogP contribution in [-0.2, 0) is 4.79 Å². The molecular formula is C19H22FN5O2. The summed E-state index contributed by atoms with van der Waals surface area (Å²) in [5.74, 6) is 0.158. The summed E-state index contributed by atoms with van der Waals surface area (Å²) in [4.78, 5) is 32.7. The molecule has 3 rings (SSSR count). The minimum Gasteiger partial charge on any atom is -0.353 e. The molecule has 2 aromatic rings. The normalized spacial score (nSPS) is 15.2. The Morgan fingerprint density at radius 3 is 2.41 bits per heavy atom. The topological polar surface area (TPSA) is 77.6 Å². The molecule has 1 fully saturated rings. The Morgan fingerprint density at radius 1 is 1.07 bits per heavy atom. The van der Waals surface area contributed by atoms with Gasteiger partial charge < -0.3 is 20.4 Å². The second-order valence-electron chi connectivity index (χ2n) is 6.33. The van der Waals surface area contributed by atoms with Gasteiger partial charge in [-0.3, -0.25) is 4.79 Å². The van der Waals surface area contributed by atoms with Gasteiger partial charge in [-0.2, -0.15) is 0 Å². The molecule has 0 aliphatic carbocycles. The van der Waals surface area contributed by atoms with Crippen LogP contribution in [0, 0.1) is 5.82 Å². The number of urea groups is 1. The van der Waals surface area contributed by atoms with Crippen molar-refractivity contribution in [2.24, 2.45) is 0 Å². The maximum Gasteiger partial charge on any atom is 0.318 e. The van der Waals surface area contributed by atoms with Gasteiger partial charge in [-0.25, -0.2) is 14.2 Å². The summed E-state index contributed by atoms with van der Waals surface area (Å²) >= 11 is 0. The summed E-state index contributed by atoms with van der Waals surface area (Å²) in [7, 11) is 0. The van der Waals surface area contributed by atoms with E-state index in [1.54, 1.807) is 18.0 Å². The van der Waals surface area contributed by atoms with Crippen LogP contribution < -0.4 is 15.5 Å². The molecule has 27 heavy (non-hydrogen) atoms. The predicted octanol–water partition coefficient (Wildman–Crippen LogP) is 2.08. The molecule has 1 aliphatic rings. The van der Waals surface area contributed by atoms with Crippen molar-refractivity contribution in [3.8, 4) is 0 Å². The van der Waals surface area contributed by atoms with Crippen LogP contribution in [0.25, 0.3) is 0 Å². The summed E-state index contributed by atoms with van der Waals surface area (Å²) in [5.41, 5.74) is 0.478. The Hall–Kier alpha value is -3.16. The van der Waals surface area contributed by atoms with Crippen molar-refractivity contribution in [3.63, 3.8) is 0 Å². The van der Waals surface area contributed by atoms with Gasteiger partial charge in [-0.05, 0) is 43.3 Å². The number of anilines is 2. The van der Waals surface area contributed by atoms with Crippen LogP contribution >= 0.6 is 0 Å². The van der Waals surface area contributed by atoms with E-state index in [0.29, 0.717) is 31.9 Å². The molecule has 142 valence electrons. The molecule has 3 amide bonds. The summed E-state index contributed by atoms with van der Waals surface area (Å²) in [6.45, 7) is 4.07. The second-order valence-corrected chi connectivity index (χ2v) is 6.33. The molecule has 1 saturated heterocycles. The van der Waals surface area contributed by atoms with Gasteiger partial charge in [0.2, 0.25) is 5.91 Å². The maximum atomic E-state index is 12.9. The predicted molar refractivity (Wildman–Crippen MR) is 101 cm³/mol. The number of nitrogens with zero attached hydrogens (tertiary/aromatic N) is 3. The summed E-state index contributed by atoms with van der Waals surface area (Å²) < 4.78 is 12.9. The standard InChI is InChI=1S/C19H22FN5O2/c1-14(18(26)23-16-7-5-15(20)6-8-16)22-19(27)25-12-10-24(11-13-25)17-4-2-3-9-21-17/h2-9,14H,10-13H2,1H3,(H,22,27)(H,23,26). The number of benzene rings is 1. The lowest BCUT2D eigenvalue weighted by atomic mass is 10.2. The van der Waals surface area contributed by atoms with Crippen molar-refractivity contribution >= 4 is 23.4 Å². The first-order chi connectivity index (χ1) is 13.0. The second kappa shape index (κ2) is 8.48. The Labute approximate surface area is 157 Å². The van der Waals surface area contributed by atoms with Gasteiger partial charge in [0.05, 0.1) is 0 Å². The van der Waals surface area contributed by atoms with E-state index < -0.39 is 6.04 Å². The zero-order chi connectivity index (χ0) is 19.2. The first kappa shape index (κ1) is 18.6. The fourth-order valence-electron chi connectivity index (χ4n) is 2.81. The van der Waals surface area contributed by atoms with Crippen LogP contribution in [0.15, 0.2) is 48.7 Å². The van der Waals surface area contributed by atoms with Crippen LogP contribution in [0.4, 0.5) is 20.7 Å². The number of piperazine rings is 1. The number of aromatic nitrogens is 1. The molecule has 2 N–H and O–H groups in total. The van der Waals surface area contributed by atoms with Crippen molar-refractivity contribution in [1.29, 1.82) is 0 Å². The van der Waals surface area contributed by atoms with Crippen LogP contribution in [0.1, 0.15) is 6.92 Å². The number of pyridine rings is 1. The van der Waals surface area contributed by atoms with Crippen molar-refractivity contribution in [2.75, 3.05) is 36.4 Å². The van der Waals surface area contributed by atoms with E-state index in [0.717, 1.165) is 5.82 Å². The molecule has 1 aromatic heterocycles. The molecule has 0 spiro atoms. The van der Waals surface area contributed by atoms with E-state index in [1.165, 1.54) is 24.3 Å². The monoisotopic (exact) mass is 371 g/mol. The molecule has 1 atom stereocenters. The van der Waals surface area contributed by atoms with Gasteiger partial charge >= 0.3 is 6.03 Å². The van der Waals surface area contributed by atoms with E-state index in [1.807, 2.05) is 18.2 Å². The minimum atomic E-state index is -0.712. The molecule has 1 unspecified atom stereocenters. The van der Waals surface area contributed by atoms with Gasteiger partial charge in [0.15, 0.2) is 0 Å². The first-order valence-corrected chi connectivity index (χ1v) is 8.81. The van der Waals surface area contributed by atoms with Gasteiger partial charge in [-0.15, -0.1) is 0 Å². The molecule has 1 aromatic carbocycles. The molecule has 1 aliphatic heterocycles. The first-order valence-electron chi connectivity index (χ1n) is 8.81. The van der Waals surface area contributed by atoms with E-state index in [2.05, 4.69) is 20.5 Å². The molecule has 0 radical (unpaired) electrons. The number of carbonyl (C=O) groups excluding carboxylic acids is 2. The largest absolute Gasteiger partial charge is 0.353 e. The molecule has 0 saturated carbocycles. The number of hydrogen-bond acceptors (Lipinski definition) is 4. The smallest absolute Gasteiger partial charge is 0.318 e. The number of carbonyl (C=O) groups is 2. The quantitative estimate of drug-likeness (QED) is 0.863. The van der Waals surface area contributed by atoms with Crippen molar-refractivity contribution < 1.29 is 14.0 Å². The Kier molecular flexibility index (Phi) is 5.85. The zero-order valence-corrected chi connectivity index (χ0v) is 15.1. The van der Waals surface area contributed by atoms with E-state index in [-0.39, 0.29) is 17.8 Å². The molecule has 0 bridgehead atoms. The van der Waals surface area contributed by atoms with Gasteiger partial charge in [0, 0.05) is 38.1 Å². The van der Waals surface area contributed by atoms with Crippen molar-refractivity contribution in [3.05, 3.63) is 54.5 Å². The third kappa shape index (κ3) is 4.93. The molecule has 2 heterocycles. The fourth-order valence-corrected chi connectivity index (χ4v) is 2.81. The highest BCUT2D eigenvalue weighted by atomic mass is 19.1. The lowest BCUT2D eigenvalue weighted by molar-refractivity contribution is -0.117. The van der Waals surface area contributed by atoms with Crippen molar-refractivity contribution in [1.82, 2.24) is 15.2 Å². The summed E-state index contributed by atoms with van der Waals surface area (Å²) in [6, 6.07) is 10.2. The van der Waals surface area contributed by atoms with Crippen molar-refractivity contribution in [2.45, 2.75) is 13.0 Å². The number of amides is 3. The highest BCUT2D eigenvalue weighted by Crippen LogP contribution is 2.13. The summed E-state index contributed by atoms with van der Waals surface area (Å²) in [6.07, 6.45) is 1.75. The lowest BCUT2D eigenvalue weighted by Crippen LogP contribution is -2.54. The number of nitrogens with one attached hydrogen (secondary N) is 2. The maximum absolute atomic E-state index is 12.9. The van der Waals surface area contributed by atoms with E-state index in [4.69, 9.17) is 0 Å². The third-order valence-electron chi connectivity index (χ3n) is 4.39. The van der Waals surface area contributed by atoms with Crippen LogP contribution in [-0.4, -0.2) is 54.0 Å². The number of hydrogen-bond donors (Lipinski definition) is 2. The Bertz CT molecular complexity index is 776. The highest BCUT2D eigenvalue weighted by molar-refractivity contribution is 5.96. The average molecular weight is 371 g/mol. The van der Waals surface area contributed by atoms with Gasteiger partial charge in [0.25, 0.3) is 0 Å². The molecule has 8 heteroatoms. The minimum absolute atomic E-state index is 0.280. The number of halogens is 1. The van der Waals surface area contributed by atoms with Gasteiger partial charge in [-0.1, -0.05) is 6.07 Å². The van der Waals surface area contributed by atoms with E-state index >= 15 is 0 Å². The average Bonchev–Trinajstić information content (AvgIpc) is 2.70. The zero-order valence-electron chi connectivity index (χ0n) is 15.1. The van der Waals surface area contributed by atoms with Gasteiger partial charge in [0.1, 0.15) is 17.7 Å². The third-order valence-corrected chi connectivity index (χ3v) is 4.39. The molecular weight excluding hydrogens is 349 g/mol. The van der Waals surface area contributed by atoms with E-state index in [9.17, 15) is 14.0 Å². The lowest BCUT2D eigenvalue weighted by Gasteiger charge is -2.35. The summed E-state index contributed by atoms with van der Waals surface area (Å²) in [5, 5.41) is 5.35. The SMILES string of the molecule is CC(NC(=O)N1CCN(c2ccccn2)CC1)C(=O)Nc1ccc(F)cc1. The van der Waals surface area contributed by atoms with Crippen LogP contribution in [0.5, 0.6) is 0 Å². The number of rotatable bonds is 4. The fraction of sp³-hybridized carbons (Fsp3) is 0.316. The highest BCUT2D eigenvalue weighted by Gasteiger charge is 2.24. The van der Waals surface area contributed by atoms with Crippen LogP contribution in [0.3, 0.4) is 0 Å².